The third kappa shape index (κ3) is 3.28. The number of aliphatic imine (C=N–C) groups is 2. The number of hydrogen-bond donors (Lipinski definition) is 0. The molecule has 1 heterocycles. The highest BCUT2D eigenvalue weighted by atomic mass is 16.5. The molecule has 1 aliphatic rings. The van der Waals surface area contributed by atoms with Crippen molar-refractivity contribution >= 4 is 11.5 Å². The minimum absolute atomic E-state index is 0.594. The monoisotopic (exact) mass is 354 g/mol. The van der Waals surface area contributed by atoms with Crippen LogP contribution in [0.4, 0.5) is 0 Å². The van der Waals surface area contributed by atoms with Gasteiger partial charge in [0.25, 0.3) is 0 Å². The molecule has 0 radical (unpaired) electrons. The number of amidine groups is 1. The van der Waals surface area contributed by atoms with E-state index in [1.165, 1.54) is 22.3 Å². The van der Waals surface area contributed by atoms with Crippen molar-refractivity contribution in [3.63, 3.8) is 0 Å². The number of methoxy groups -OCH3 is 1. The van der Waals surface area contributed by atoms with Gasteiger partial charge in [0.15, 0.2) is 5.84 Å². The molecule has 27 heavy (non-hydrogen) atoms. The maximum atomic E-state index is 5.44. The zero-order valence-electron chi connectivity index (χ0n) is 15.9. The van der Waals surface area contributed by atoms with Crippen LogP contribution in [0.15, 0.2) is 76.7 Å². The Balaban J connectivity index is 1.66. The van der Waals surface area contributed by atoms with Crippen molar-refractivity contribution in [1.29, 1.82) is 0 Å². The topological polar surface area (TPSA) is 34.0 Å². The second-order valence-electron chi connectivity index (χ2n) is 6.74. The van der Waals surface area contributed by atoms with Gasteiger partial charge < -0.3 is 4.74 Å². The first kappa shape index (κ1) is 17.2. The van der Waals surface area contributed by atoms with Crippen LogP contribution in [0.2, 0.25) is 0 Å². The van der Waals surface area contributed by atoms with E-state index >= 15 is 0 Å². The molecule has 3 nitrogen and oxygen atoms in total. The molecule has 1 aliphatic heterocycles. The van der Waals surface area contributed by atoms with Gasteiger partial charge in [-0.3, -0.25) is 4.99 Å². The van der Waals surface area contributed by atoms with Gasteiger partial charge in [0.2, 0.25) is 0 Å². The summed E-state index contributed by atoms with van der Waals surface area (Å²) >= 11 is 0. The lowest BCUT2D eigenvalue weighted by Gasteiger charge is -2.11. The molecule has 4 rings (SSSR count). The van der Waals surface area contributed by atoms with Crippen molar-refractivity contribution < 1.29 is 4.74 Å². The normalized spacial score (nSPS) is 13.3. The van der Waals surface area contributed by atoms with E-state index in [2.05, 4.69) is 61.3 Å². The zero-order valence-corrected chi connectivity index (χ0v) is 15.9. The van der Waals surface area contributed by atoms with E-state index in [4.69, 9.17) is 9.73 Å². The average molecular weight is 354 g/mol. The van der Waals surface area contributed by atoms with Crippen molar-refractivity contribution in [1.82, 2.24) is 0 Å². The number of hydrogen-bond acceptors (Lipinski definition) is 3. The fraction of sp³-hybridized carbons (Fsp3) is 0.167. The standard InChI is InChI=1S/C24H22N2O/c1-16-8-4-5-9-19(16)20-13-12-18(14-17(20)2)22-15-25-24(26-22)21-10-6-7-11-23(21)27-3/h4-14H,15H2,1-3H3. The maximum Gasteiger partial charge on any atom is 0.159 e. The van der Waals surface area contributed by atoms with E-state index in [0.717, 1.165) is 28.4 Å². The third-order valence-corrected chi connectivity index (χ3v) is 4.96. The lowest BCUT2D eigenvalue weighted by atomic mass is 9.94. The van der Waals surface area contributed by atoms with Gasteiger partial charge in [-0.05, 0) is 59.9 Å². The van der Waals surface area contributed by atoms with Gasteiger partial charge in [0, 0.05) is 0 Å². The molecular formula is C24H22N2O. The number of aryl methyl sites for hydroxylation is 2. The van der Waals surface area contributed by atoms with Crippen LogP contribution in [0, 0.1) is 13.8 Å². The largest absolute Gasteiger partial charge is 0.496 e. The Hall–Kier alpha value is -3.20. The van der Waals surface area contributed by atoms with Crippen molar-refractivity contribution in [2.45, 2.75) is 13.8 Å². The van der Waals surface area contributed by atoms with Crippen LogP contribution >= 0.6 is 0 Å². The molecule has 0 saturated heterocycles. The third-order valence-electron chi connectivity index (χ3n) is 4.96. The summed E-state index contributed by atoms with van der Waals surface area (Å²) in [4.78, 5) is 9.41. The first-order valence-corrected chi connectivity index (χ1v) is 9.10. The summed E-state index contributed by atoms with van der Waals surface area (Å²) in [6.45, 7) is 4.90. The van der Waals surface area contributed by atoms with Crippen LogP contribution in [-0.2, 0) is 0 Å². The average Bonchev–Trinajstić information content (AvgIpc) is 3.18. The van der Waals surface area contributed by atoms with Gasteiger partial charge in [0.1, 0.15) is 5.75 Å². The van der Waals surface area contributed by atoms with Crippen molar-refractivity contribution in [3.05, 3.63) is 89.0 Å². The Morgan fingerprint density at radius 2 is 1.48 bits per heavy atom. The van der Waals surface area contributed by atoms with Crippen LogP contribution in [0.1, 0.15) is 22.3 Å². The lowest BCUT2D eigenvalue weighted by molar-refractivity contribution is 0.414. The van der Waals surface area contributed by atoms with Crippen LogP contribution in [0.5, 0.6) is 5.75 Å². The van der Waals surface area contributed by atoms with Gasteiger partial charge in [0.05, 0.1) is 24.9 Å². The van der Waals surface area contributed by atoms with Gasteiger partial charge in [-0.1, -0.05) is 48.5 Å². The fourth-order valence-corrected chi connectivity index (χ4v) is 3.50. The molecule has 0 unspecified atom stereocenters. The van der Waals surface area contributed by atoms with E-state index in [-0.39, 0.29) is 0 Å². The number of nitrogens with zero attached hydrogens (tertiary/aromatic N) is 2. The Kier molecular flexibility index (Phi) is 4.59. The lowest BCUT2D eigenvalue weighted by Crippen LogP contribution is -2.03. The summed E-state index contributed by atoms with van der Waals surface area (Å²) in [5.41, 5.74) is 8.13. The number of benzene rings is 3. The summed E-state index contributed by atoms with van der Waals surface area (Å²) in [6.07, 6.45) is 0. The molecule has 0 fully saturated rings. The summed E-state index contributed by atoms with van der Waals surface area (Å²) in [7, 11) is 1.67. The quantitative estimate of drug-likeness (QED) is 0.632. The molecule has 0 spiro atoms. The Bertz CT molecular complexity index is 1060. The van der Waals surface area contributed by atoms with Crippen LogP contribution in [0.3, 0.4) is 0 Å². The molecule has 0 amide bonds. The van der Waals surface area contributed by atoms with Gasteiger partial charge in [-0.2, -0.15) is 0 Å². The van der Waals surface area contributed by atoms with E-state index in [0.29, 0.717) is 6.54 Å². The van der Waals surface area contributed by atoms with E-state index in [1.54, 1.807) is 7.11 Å². The van der Waals surface area contributed by atoms with Gasteiger partial charge in [-0.25, -0.2) is 4.99 Å². The van der Waals surface area contributed by atoms with E-state index < -0.39 is 0 Å². The zero-order chi connectivity index (χ0) is 18.8. The second-order valence-corrected chi connectivity index (χ2v) is 6.74. The summed E-state index contributed by atoms with van der Waals surface area (Å²) < 4.78 is 5.44. The molecule has 134 valence electrons. The first-order chi connectivity index (χ1) is 13.2. The number of ether oxygens (including phenoxy) is 1. The SMILES string of the molecule is COc1ccccc1C1=NCC(c2ccc(-c3ccccc3C)c(C)c2)=N1. The molecule has 0 bridgehead atoms. The predicted octanol–water partition coefficient (Wildman–Crippen LogP) is 5.23. The van der Waals surface area contributed by atoms with Crippen molar-refractivity contribution in [3.8, 4) is 16.9 Å². The summed E-state index contributed by atoms with van der Waals surface area (Å²) in [5.74, 6) is 1.54. The molecule has 3 aromatic rings. The molecule has 3 heteroatoms. The van der Waals surface area contributed by atoms with Crippen LogP contribution in [-0.4, -0.2) is 25.2 Å². The molecule has 0 atom stereocenters. The van der Waals surface area contributed by atoms with Gasteiger partial charge >= 0.3 is 0 Å². The number of para-hydroxylation sites is 1. The second kappa shape index (κ2) is 7.20. The van der Waals surface area contributed by atoms with Crippen LogP contribution in [0.25, 0.3) is 11.1 Å². The molecule has 0 aliphatic carbocycles. The fourth-order valence-electron chi connectivity index (χ4n) is 3.50. The molecule has 0 N–H and O–H groups in total. The number of rotatable bonds is 4. The molecule has 0 saturated carbocycles. The van der Waals surface area contributed by atoms with Gasteiger partial charge in [-0.15, -0.1) is 0 Å². The molecule has 3 aromatic carbocycles. The van der Waals surface area contributed by atoms with Crippen molar-refractivity contribution in [2.75, 3.05) is 13.7 Å². The summed E-state index contributed by atoms with van der Waals surface area (Å²) in [6, 6.07) is 22.9. The Labute approximate surface area is 160 Å². The summed E-state index contributed by atoms with van der Waals surface area (Å²) in [5, 5.41) is 0. The van der Waals surface area contributed by atoms with Crippen LogP contribution < -0.4 is 4.74 Å². The molecule has 0 aromatic heterocycles. The minimum Gasteiger partial charge on any atom is -0.496 e. The predicted molar refractivity (Wildman–Crippen MR) is 112 cm³/mol. The smallest absolute Gasteiger partial charge is 0.159 e. The highest BCUT2D eigenvalue weighted by molar-refractivity contribution is 6.18. The van der Waals surface area contributed by atoms with E-state index in [9.17, 15) is 0 Å². The highest BCUT2D eigenvalue weighted by Crippen LogP contribution is 2.28. The minimum atomic E-state index is 0.594. The maximum absolute atomic E-state index is 5.44. The Morgan fingerprint density at radius 1 is 0.778 bits per heavy atom. The highest BCUT2D eigenvalue weighted by Gasteiger charge is 2.17. The van der Waals surface area contributed by atoms with Crippen molar-refractivity contribution in [2.24, 2.45) is 9.98 Å². The van der Waals surface area contributed by atoms with E-state index in [1.807, 2.05) is 24.3 Å². The Morgan fingerprint density at radius 3 is 2.22 bits per heavy atom. The molecular weight excluding hydrogens is 332 g/mol. The first-order valence-electron chi connectivity index (χ1n) is 9.10.